The topological polar surface area (TPSA) is 118 Å². The van der Waals surface area contributed by atoms with Crippen molar-refractivity contribution in [2.45, 2.75) is 57.4 Å². The van der Waals surface area contributed by atoms with Crippen LogP contribution in [-0.2, 0) is 22.9 Å². The van der Waals surface area contributed by atoms with E-state index in [2.05, 4.69) is 36.1 Å². The maximum atomic E-state index is 13.4. The second-order valence-electron chi connectivity index (χ2n) is 7.41. The monoisotopic (exact) mass is 502 g/mol. The molecular formula is C19H24BrFN4O4S. The summed E-state index contributed by atoms with van der Waals surface area (Å²) < 4.78 is 45.7. The molecule has 0 atom stereocenters. The molecule has 1 aromatic carbocycles. The number of nitrogens with zero attached hydrogens (tertiary/aromatic N) is 3. The van der Waals surface area contributed by atoms with Gasteiger partial charge in [-0.05, 0) is 70.9 Å². The van der Waals surface area contributed by atoms with Gasteiger partial charge in [0, 0.05) is 12.5 Å². The Labute approximate surface area is 183 Å². The molecule has 1 saturated carbocycles. The van der Waals surface area contributed by atoms with E-state index in [-0.39, 0.29) is 29.7 Å². The van der Waals surface area contributed by atoms with Crippen LogP contribution < -0.4 is 4.72 Å². The van der Waals surface area contributed by atoms with Gasteiger partial charge in [-0.3, -0.25) is 0 Å². The van der Waals surface area contributed by atoms with Crippen LogP contribution in [0.5, 0.6) is 0 Å². The number of unbranched alkanes of at least 4 members (excludes halogenated alkanes) is 1. The standard InChI is InChI=1S/C19H24BrFN4O4S/c20-15-11-13(8-9-16(15)21)12-18(22-26)19-17(23-29-24-19)7-3-4-10-30(27,28)25-14-5-1-2-6-14/h8-9,11,14,25-26H,1-7,10,12H2/b22-18+. The second kappa shape index (κ2) is 10.5. The molecule has 1 heterocycles. The fourth-order valence-corrected chi connectivity index (χ4v) is 5.41. The van der Waals surface area contributed by atoms with Gasteiger partial charge in [0.25, 0.3) is 0 Å². The maximum absolute atomic E-state index is 13.4. The lowest BCUT2D eigenvalue weighted by Crippen LogP contribution is -2.34. The Hall–Kier alpha value is -1.85. The van der Waals surface area contributed by atoms with E-state index in [1.54, 1.807) is 12.1 Å². The smallest absolute Gasteiger partial charge is 0.211 e. The molecule has 0 saturated heterocycles. The molecule has 30 heavy (non-hydrogen) atoms. The zero-order valence-corrected chi connectivity index (χ0v) is 18.8. The molecular weight excluding hydrogens is 479 g/mol. The average molecular weight is 503 g/mol. The summed E-state index contributed by atoms with van der Waals surface area (Å²) in [5.41, 5.74) is 1.75. The lowest BCUT2D eigenvalue weighted by atomic mass is 10.0. The number of sulfonamides is 1. The summed E-state index contributed by atoms with van der Waals surface area (Å²) in [5.74, 6) is -0.336. The SMILES string of the molecule is O=S(=O)(CCCCc1nonc1/C(Cc1ccc(F)c(Br)c1)=N/O)NC1CCCC1. The minimum absolute atomic E-state index is 0.0503. The van der Waals surface area contributed by atoms with Crippen LogP contribution >= 0.6 is 15.9 Å². The summed E-state index contributed by atoms with van der Waals surface area (Å²) in [6.07, 6.45) is 5.61. The van der Waals surface area contributed by atoms with Gasteiger partial charge in [-0.2, -0.15) is 0 Å². The van der Waals surface area contributed by atoms with Crippen LogP contribution in [0.4, 0.5) is 4.39 Å². The van der Waals surface area contributed by atoms with Gasteiger partial charge in [-0.25, -0.2) is 22.2 Å². The number of aryl methyl sites for hydroxylation is 1. The van der Waals surface area contributed by atoms with E-state index in [9.17, 15) is 18.0 Å². The van der Waals surface area contributed by atoms with E-state index in [0.717, 1.165) is 25.7 Å². The van der Waals surface area contributed by atoms with Crippen LogP contribution in [0.15, 0.2) is 32.5 Å². The largest absolute Gasteiger partial charge is 0.411 e. The van der Waals surface area contributed by atoms with Crippen LogP contribution in [0.25, 0.3) is 0 Å². The third-order valence-corrected chi connectivity index (χ3v) is 7.21. The molecule has 0 bridgehead atoms. The number of nitrogens with one attached hydrogen (secondary N) is 1. The Morgan fingerprint density at radius 1 is 1.30 bits per heavy atom. The van der Waals surface area contributed by atoms with Crippen LogP contribution in [-0.4, -0.2) is 41.4 Å². The first-order valence-corrected chi connectivity index (χ1v) is 12.3. The quantitative estimate of drug-likeness (QED) is 0.222. The van der Waals surface area contributed by atoms with Gasteiger partial charge >= 0.3 is 0 Å². The summed E-state index contributed by atoms with van der Waals surface area (Å²) in [6.45, 7) is 0. The Kier molecular flexibility index (Phi) is 7.95. The molecule has 164 valence electrons. The van der Waals surface area contributed by atoms with Crippen molar-refractivity contribution in [3.05, 3.63) is 45.4 Å². The van der Waals surface area contributed by atoms with Crippen LogP contribution in [0.3, 0.4) is 0 Å². The molecule has 0 amide bonds. The number of benzene rings is 1. The Morgan fingerprint density at radius 3 is 2.77 bits per heavy atom. The van der Waals surface area contributed by atoms with E-state index in [1.165, 1.54) is 6.07 Å². The zero-order valence-electron chi connectivity index (χ0n) is 16.4. The molecule has 1 aliphatic rings. The predicted molar refractivity (Wildman–Crippen MR) is 113 cm³/mol. The molecule has 0 radical (unpaired) electrons. The number of rotatable bonds is 10. The van der Waals surface area contributed by atoms with Gasteiger partial charge in [0.1, 0.15) is 17.2 Å². The molecule has 0 aliphatic heterocycles. The molecule has 2 N–H and O–H groups in total. The van der Waals surface area contributed by atoms with Crippen molar-refractivity contribution in [2.24, 2.45) is 5.16 Å². The molecule has 0 unspecified atom stereocenters. The highest BCUT2D eigenvalue weighted by Crippen LogP contribution is 2.20. The molecule has 1 fully saturated rings. The lowest BCUT2D eigenvalue weighted by Gasteiger charge is -2.12. The molecule has 1 aromatic heterocycles. The van der Waals surface area contributed by atoms with Crippen molar-refractivity contribution >= 4 is 31.7 Å². The number of halogens is 2. The van der Waals surface area contributed by atoms with Crippen LogP contribution in [0, 0.1) is 5.82 Å². The first-order valence-electron chi connectivity index (χ1n) is 9.84. The molecule has 0 spiro atoms. The van der Waals surface area contributed by atoms with Crippen molar-refractivity contribution in [3.63, 3.8) is 0 Å². The van der Waals surface area contributed by atoms with Crippen molar-refractivity contribution in [2.75, 3.05) is 5.75 Å². The highest BCUT2D eigenvalue weighted by molar-refractivity contribution is 9.10. The Bertz CT molecular complexity index is 990. The Balaban J connectivity index is 1.54. The molecule has 1 aliphatic carbocycles. The third kappa shape index (κ3) is 6.32. The van der Waals surface area contributed by atoms with Crippen LogP contribution in [0.1, 0.15) is 55.5 Å². The molecule has 8 nitrogen and oxygen atoms in total. The number of hydrogen-bond donors (Lipinski definition) is 2. The fourth-order valence-electron chi connectivity index (χ4n) is 3.54. The maximum Gasteiger partial charge on any atom is 0.211 e. The minimum atomic E-state index is -3.29. The number of oxime groups is 1. The van der Waals surface area contributed by atoms with Crippen LogP contribution in [0.2, 0.25) is 0 Å². The molecule has 2 aromatic rings. The Morgan fingerprint density at radius 2 is 2.07 bits per heavy atom. The van der Waals surface area contributed by atoms with Gasteiger partial charge in [-0.1, -0.05) is 29.2 Å². The normalized spacial score (nSPS) is 15.7. The van der Waals surface area contributed by atoms with Gasteiger partial charge < -0.3 is 5.21 Å². The molecule has 3 rings (SSSR count). The van der Waals surface area contributed by atoms with Crippen molar-refractivity contribution in [1.29, 1.82) is 0 Å². The zero-order chi connectivity index (χ0) is 21.6. The lowest BCUT2D eigenvalue weighted by molar-refractivity contribution is 0.300. The summed E-state index contributed by atoms with van der Waals surface area (Å²) in [7, 11) is -3.29. The third-order valence-electron chi connectivity index (χ3n) is 5.08. The first-order chi connectivity index (χ1) is 14.4. The first kappa shape index (κ1) is 22.8. The van der Waals surface area contributed by atoms with Gasteiger partial charge in [0.2, 0.25) is 10.0 Å². The van der Waals surface area contributed by atoms with Gasteiger partial charge in [0.15, 0.2) is 5.69 Å². The van der Waals surface area contributed by atoms with Crippen molar-refractivity contribution in [3.8, 4) is 0 Å². The van der Waals surface area contributed by atoms with E-state index in [1.807, 2.05) is 0 Å². The minimum Gasteiger partial charge on any atom is -0.411 e. The van der Waals surface area contributed by atoms with Crippen molar-refractivity contribution < 1.29 is 22.6 Å². The average Bonchev–Trinajstić information content (AvgIpc) is 3.38. The number of aromatic nitrogens is 2. The summed E-state index contributed by atoms with van der Waals surface area (Å²) in [6, 6.07) is 4.56. The summed E-state index contributed by atoms with van der Waals surface area (Å²) in [5, 5.41) is 20.4. The highest BCUT2D eigenvalue weighted by atomic mass is 79.9. The number of hydrogen-bond acceptors (Lipinski definition) is 7. The summed E-state index contributed by atoms with van der Waals surface area (Å²) in [4.78, 5) is 0. The van der Waals surface area contributed by atoms with E-state index in [4.69, 9.17) is 4.63 Å². The van der Waals surface area contributed by atoms with E-state index < -0.39 is 10.0 Å². The van der Waals surface area contributed by atoms with Gasteiger partial charge in [0.05, 0.1) is 10.2 Å². The van der Waals surface area contributed by atoms with E-state index >= 15 is 0 Å². The van der Waals surface area contributed by atoms with Crippen molar-refractivity contribution in [1.82, 2.24) is 15.0 Å². The fraction of sp³-hybridized carbons (Fsp3) is 0.526. The second-order valence-corrected chi connectivity index (χ2v) is 10.1. The summed E-state index contributed by atoms with van der Waals surface area (Å²) >= 11 is 3.13. The molecule has 11 heteroatoms. The van der Waals surface area contributed by atoms with Gasteiger partial charge in [-0.15, -0.1) is 0 Å². The van der Waals surface area contributed by atoms with E-state index in [0.29, 0.717) is 40.7 Å². The highest BCUT2D eigenvalue weighted by Gasteiger charge is 2.22. The predicted octanol–water partition coefficient (Wildman–Crippen LogP) is 3.58.